The van der Waals surface area contributed by atoms with E-state index in [4.69, 9.17) is 11.6 Å². The molecule has 2 aromatic carbocycles. The molecule has 0 radical (unpaired) electrons. The summed E-state index contributed by atoms with van der Waals surface area (Å²) in [6, 6.07) is 15.5. The molecule has 0 saturated heterocycles. The Morgan fingerprint density at radius 1 is 1.24 bits per heavy atom. The highest BCUT2D eigenvalue weighted by atomic mass is 16.2. The number of unbranched alkanes of at least 4 members (excludes halogenated alkanes) is 1. The van der Waals surface area contributed by atoms with Crippen molar-refractivity contribution in [3.05, 3.63) is 70.8 Å². The van der Waals surface area contributed by atoms with Crippen molar-refractivity contribution >= 4 is 23.4 Å². The Hall–Kier alpha value is -3.68. The van der Waals surface area contributed by atoms with Gasteiger partial charge in [0.2, 0.25) is 0 Å². The molecule has 34 heavy (non-hydrogen) atoms. The minimum absolute atomic E-state index is 0.0348. The lowest BCUT2D eigenvalue weighted by molar-refractivity contribution is -0.125. The van der Waals surface area contributed by atoms with Crippen LogP contribution in [0.1, 0.15) is 78.0 Å². The summed E-state index contributed by atoms with van der Waals surface area (Å²) in [6.07, 6.45) is 5.29. The van der Waals surface area contributed by atoms with Gasteiger partial charge >= 0.3 is 0 Å². The van der Waals surface area contributed by atoms with Crippen molar-refractivity contribution in [3.63, 3.8) is 0 Å². The smallest absolute Gasteiger partial charge is 0.274 e. The van der Waals surface area contributed by atoms with Crippen molar-refractivity contribution in [2.24, 2.45) is 21.7 Å². The number of aliphatic imine (C=N–C) groups is 1. The maximum atomic E-state index is 13.4. The van der Waals surface area contributed by atoms with E-state index in [2.05, 4.69) is 34.5 Å². The van der Waals surface area contributed by atoms with Crippen molar-refractivity contribution in [3.8, 4) is 0 Å². The summed E-state index contributed by atoms with van der Waals surface area (Å²) in [6.45, 7) is 2.56. The number of nitrogens with zero attached hydrogens (tertiary/aromatic N) is 3. The molecule has 5 N–H and O–H groups in total. The summed E-state index contributed by atoms with van der Waals surface area (Å²) in [5.74, 6) is 5.58. The standard InChI is InChI=1S/C26H32N6O2/c1-2-3-7-22(18-10-12-19(13-11-18)25(33)29-15-23(27)31-28)32-16-30-24(26(32)34)21-6-4-5-20(14-21)17-8-9-17/h4-6,10-14,17,22H,2-3,7-9,15-16,28H2,1H3,(H2,27,31)(H,29,33)/t22-/m1/s1. The molecule has 1 atom stereocenters. The second-order valence-electron chi connectivity index (χ2n) is 8.91. The quantitative estimate of drug-likeness (QED) is 0.218. The first-order valence-electron chi connectivity index (χ1n) is 11.9. The number of hydrogen-bond donors (Lipinski definition) is 3. The average molecular weight is 461 g/mol. The van der Waals surface area contributed by atoms with E-state index < -0.39 is 0 Å². The molecule has 4 rings (SSSR count). The van der Waals surface area contributed by atoms with E-state index in [0.29, 0.717) is 23.9 Å². The second-order valence-corrected chi connectivity index (χ2v) is 8.91. The van der Waals surface area contributed by atoms with Crippen LogP contribution in [0.5, 0.6) is 0 Å². The lowest BCUT2D eigenvalue weighted by Crippen LogP contribution is -2.35. The molecular formula is C26H32N6O2. The number of rotatable bonds is 10. The Morgan fingerprint density at radius 3 is 2.68 bits per heavy atom. The number of hydrazone groups is 1. The summed E-state index contributed by atoms with van der Waals surface area (Å²) in [5, 5.41) is 6.02. The highest BCUT2D eigenvalue weighted by Gasteiger charge is 2.33. The fourth-order valence-corrected chi connectivity index (χ4v) is 4.30. The number of hydrogen-bond acceptors (Lipinski definition) is 5. The SMILES string of the molecule is CCCC[C@H](c1ccc(C(=O)NC/C(N)=N/N)cc1)N1CN=C(c2cccc(C3CC3)c2)C1=O. The number of amides is 2. The minimum Gasteiger partial charge on any atom is -0.384 e. The highest BCUT2D eigenvalue weighted by molar-refractivity contribution is 6.46. The van der Waals surface area contributed by atoms with Crippen LogP contribution >= 0.6 is 0 Å². The van der Waals surface area contributed by atoms with Crippen molar-refractivity contribution in [2.75, 3.05) is 13.2 Å². The predicted molar refractivity (Wildman–Crippen MR) is 134 cm³/mol. The molecule has 0 spiro atoms. The van der Waals surface area contributed by atoms with E-state index in [0.717, 1.165) is 30.4 Å². The van der Waals surface area contributed by atoms with Crippen molar-refractivity contribution < 1.29 is 9.59 Å². The molecule has 0 unspecified atom stereocenters. The third kappa shape index (κ3) is 5.27. The van der Waals surface area contributed by atoms with Gasteiger partial charge in [0.1, 0.15) is 18.2 Å². The first-order chi connectivity index (χ1) is 16.5. The van der Waals surface area contributed by atoms with E-state index in [9.17, 15) is 9.59 Å². The van der Waals surface area contributed by atoms with E-state index in [1.165, 1.54) is 18.4 Å². The van der Waals surface area contributed by atoms with Crippen LogP contribution in [0, 0.1) is 0 Å². The molecule has 0 bridgehead atoms. The van der Waals surface area contributed by atoms with E-state index >= 15 is 0 Å². The van der Waals surface area contributed by atoms with Gasteiger partial charge in [0.15, 0.2) is 0 Å². The molecule has 2 aromatic rings. The third-order valence-electron chi connectivity index (χ3n) is 6.41. The van der Waals surface area contributed by atoms with Gasteiger partial charge in [-0.05, 0) is 54.5 Å². The summed E-state index contributed by atoms with van der Waals surface area (Å²) in [4.78, 5) is 32.3. The number of nitrogens with two attached hydrogens (primary N) is 2. The fraction of sp³-hybridized carbons (Fsp3) is 0.385. The molecule has 1 aliphatic carbocycles. The minimum atomic E-state index is -0.262. The second kappa shape index (κ2) is 10.5. The summed E-state index contributed by atoms with van der Waals surface area (Å²) < 4.78 is 0. The van der Waals surface area contributed by atoms with Gasteiger partial charge in [-0.2, -0.15) is 5.10 Å². The third-order valence-corrected chi connectivity index (χ3v) is 6.41. The van der Waals surface area contributed by atoms with Gasteiger partial charge in [0.25, 0.3) is 11.8 Å². The van der Waals surface area contributed by atoms with E-state index in [1.54, 1.807) is 12.1 Å². The molecule has 1 heterocycles. The van der Waals surface area contributed by atoms with Crippen LogP contribution in [0.15, 0.2) is 58.6 Å². The van der Waals surface area contributed by atoms with Crippen LogP contribution in [0.3, 0.4) is 0 Å². The monoisotopic (exact) mass is 460 g/mol. The normalized spacial score (nSPS) is 17.0. The maximum absolute atomic E-state index is 13.4. The predicted octanol–water partition coefficient (Wildman–Crippen LogP) is 3.05. The van der Waals surface area contributed by atoms with Gasteiger partial charge in [-0.15, -0.1) is 0 Å². The van der Waals surface area contributed by atoms with Gasteiger partial charge in [-0.25, -0.2) is 0 Å². The van der Waals surface area contributed by atoms with Crippen LogP contribution in [0.25, 0.3) is 0 Å². The van der Waals surface area contributed by atoms with Crippen LogP contribution in [-0.2, 0) is 4.79 Å². The molecule has 8 nitrogen and oxygen atoms in total. The van der Waals surface area contributed by atoms with Gasteiger partial charge in [0, 0.05) is 11.1 Å². The molecular weight excluding hydrogens is 428 g/mol. The van der Waals surface area contributed by atoms with Crippen LogP contribution in [0.2, 0.25) is 0 Å². The zero-order chi connectivity index (χ0) is 24.1. The summed E-state index contributed by atoms with van der Waals surface area (Å²) >= 11 is 0. The Kier molecular flexibility index (Phi) is 7.25. The fourth-order valence-electron chi connectivity index (χ4n) is 4.30. The Labute approximate surface area is 200 Å². The Bertz CT molecular complexity index is 1100. The zero-order valence-electron chi connectivity index (χ0n) is 19.5. The summed E-state index contributed by atoms with van der Waals surface area (Å²) in [5.41, 5.74) is 9.76. The Balaban J connectivity index is 1.49. The largest absolute Gasteiger partial charge is 0.384 e. The molecule has 2 amide bonds. The number of carbonyl (C=O) groups is 2. The average Bonchev–Trinajstić information content (AvgIpc) is 3.66. The van der Waals surface area contributed by atoms with Crippen LogP contribution in [0.4, 0.5) is 0 Å². The van der Waals surface area contributed by atoms with Gasteiger partial charge in [-0.3, -0.25) is 14.6 Å². The number of benzene rings is 2. The van der Waals surface area contributed by atoms with E-state index in [1.807, 2.05) is 29.2 Å². The molecule has 0 aromatic heterocycles. The topological polar surface area (TPSA) is 126 Å². The van der Waals surface area contributed by atoms with E-state index in [-0.39, 0.29) is 30.2 Å². The van der Waals surface area contributed by atoms with Gasteiger partial charge in [-0.1, -0.05) is 50.1 Å². The van der Waals surface area contributed by atoms with Crippen LogP contribution < -0.4 is 16.9 Å². The number of amidine groups is 1. The van der Waals surface area contributed by atoms with Gasteiger partial charge in [0.05, 0.1) is 12.6 Å². The molecule has 1 saturated carbocycles. The zero-order valence-corrected chi connectivity index (χ0v) is 19.5. The lowest BCUT2D eigenvalue weighted by Gasteiger charge is -2.28. The van der Waals surface area contributed by atoms with Crippen molar-refractivity contribution in [2.45, 2.75) is 51.0 Å². The molecule has 8 heteroatoms. The summed E-state index contributed by atoms with van der Waals surface area (Å²) in [7, 11) is 0. The number of carbonyl (C=O) groups excluding carboxylic acids is 2. The molecule has 178 valence electrons. The van der Waals surface area contributed by atoms with Crippen LogP contribution in [-0.4, -0.2) is 41.5 Å². The lowest BCUT2D eigenvalue weighted by atomic mass is 9.97. The Morgan fingerprint density at radius 2 is 2.00 bits per heavy atom. The van der Waals surface area contributed by atoms with Crippen molar-refractivity contribution in [1.29, 1.82) is 0 Å². The highest BCUT2D eigenvalue weighted by Crippen LogP contribution is 2.40. The molecule has 2 aliphatic rings. The maximum Gasteiger partial charge on any atom is 0.274 e. The first-order valence-corrected chi connectivity index (χ1v) is 11.9. The van der Waals surface area contributed by atoms with Gasteiger partial charge < -0.3 is 21.8 Å². The molecule has 1 fully saturated rings. The van der Waals surface area contributed by atoms with Crippen molar-refractivity contribution in [1.82, 2.24) is 10.2 Å². The molecule has 1 aliphatic heterocycles. The number of nitrogens with one attached hydrogen (secondary N) is 1. The first kappa shape index (κ1) is 23.5.